The lowest BCUT2D eigenvalue weighted by atomic mass is 10.1. The van der Waals surface area contributed by atoms with Crippen LogP contribution >= 0.6 is 0 Å². The second-order valence-electron chi connectivity index (χ2n) is 6.43. The molecule has 2 heterocycles. The molecule has 0 spiro atoms. The number of aromatic nitrogens is 4. The summed E-state index contributed by atoms with van der Waals surface area (Å²) >= 11 is 0. The van der Waals surface area contributed by atoms with Gasteiger partial charge in [-0.2, -0.15) is 8.42 Å². The second-order valence-corrected chi connectivity index (χ2v) is 8.03. The molecule has 2 aromatic carbocycles. The van der Waals surface area contributed by atoms with Crippen LogP contribution in [-0.4, -0.2) is 61.3 Å². The number of hydroxylamine groups is 2. The molecule has 31 heavy (non-hydrogen) atoms. The predicted molar refractivity (Wildman–Crippen MR) is 102 cm³/mol. The molecule has 0 bridgehead atoms. The van der Waals surface area contributed by atoms with Gasteiger partial charge in [-0.15, -0.1) is 20.1 Å². The van der Waals surface area contributed by atoms with Crippen LogP contribution < -0.4 is 0 Å². The number of tetrazole rings is 1. The number of carbonyl (C=O) groups excluding carboxylic acids is 3. The molecule has 2 amide bonds. The highest BCUT2D eigenvalue weighted by molar-refractivity contribution is 7.87. The number of para-hydroxylation sites is 1. The van der Waals surface area contributed by atoms with Gasteiger partial charge in [-0.05, 0) is 29.5 Å². The third-order valence-electron chi connectivity index (χ3n) is 4.38. The summed E-state index contributed by atoms with van der Waals surface area (Å²) in [4.78, 5) is 42.1. The van der Waals surface area contributed by atoms with E-state index in [9.17, 15) is 22.8 Å². The highest BCUT2D eigenvalue weighted by atomic mass is 32.2. The Bertz CT molecular complexity index is 1270. The van der Waals surface area contributed by atoms with E-state index < -0.39 is 39.6 Å². The van der Waals surface area contributed by atoms with Crippen molar-refractivity contribution in [3.05, 3.63) is 60.2 Å². The molecule has 1 aliphatic rings. The molecule has 3 aromatic rings. The third-order valence-corrected chi connectivity index (χ3v) is 5.46. The second kappa shape index (κ2) is 7.70. The van der Waals surface area contributed by atoms with Crippen LogP contribution in [0.1, 0.15) is 16.8 Å². The number of imide groups is 1. The zero-order valence-corrected chi connectivity index (χ0v) is 16.3. The smallest absolute Gasteiger partial charge is 0.325 e. The Morgan fingerprint density at radius 2 is 1.74 bits per heavy atom. The van der Waals surface area contributed by atoms with Gasteiger partial charge in [0.25, 0.3) is 21.9 Å². The minimum atomic E-state index is -4.80. The fourth-order valence-corrected chi connectivity index (χ4v) is 3.51. The van der Waals surface area contributed by atoms with Crippen LogP contribution in [0, 0.1) is 0 Å². The summed E-state index contributed by atoms with van der Waals surface area (Å²) in [5, 5.41) is 10.2. The summed E-state index contributed by atoms with van der Waals surface area (Å²) < 4.78 is 31.3. The number of hydrogen-bond donors (Lipinski definition) is 1. The molecule has 0 radical (unpaired) electrons. The van der Waals surface area contributed by atoms with Gasteiger partial charge < -0.3 is 4.84 Å². The molecule has 13 heteroatoms. The topological polar surface area (TPSA) is 162 Å². The first-order valence-corrected chi connectivity index (χ1v) is 10.3. The molecule has 1 aliphatic heterocycles. The van der Waals surface area contributed by atoms with E-state index in [0.717, 1.165) is 0 Å². The molecule has 1 aromatic heterocycles. The molecular weight excluding hydrogens is 430 g/mol. The van der Waals surface area contributed by atoms with Crippen molar-refractivity contribution in [1.82, 2.24) is 25.3 Å². The maximum Gasteiger partial charge on any atom is 0.363 e. The van der Waals surface area contributed by atoms with Crippen LogP contribution in [0.2, 0.25) is 0 Å². The number of hydrogen-bond acceptors (Lipinski definition) is 9. The quantitative estimate of drug-likeness (QED) is 0.432. The number of amides is 2. The average molecular weight is 443 g/mol. The normalized spacial score (nSPS) is 16.5. The largest absolute Gasteiger partial charge is 0.363 e. The highest BCUT2D eigenvalue weighted by Gasteiger charge is 2.48. The van der Waals surface area contributed by atoms with E-state index in [0.29, 0.717) is 17.1 Å². The van der Waals surface area contributed by atoms with E-state index in [-0.39, 0.29) is 10.6 Å². The molecule has 12 nitrogen and oxygen atoms in total. The van der Waals surface area contributed by atoms with Crippen LogP contribution in [0.25, 0.3) is 17.1 Å². The van der Waals surface area contributed by atoms with Crippen LogP contribution in [0.5, 0.6) is 0 Å². The van der Waals surface area contributed by atoms with Crippen molar-refractivity contribution in [3.63, 3.8) is 0 Å². The average Bonchev–Trinajstić information content (AvgIpc) is 3.35. The van der Waals surface area contributed by atoms with Crippen LogP contribution in [-0.2, 0) is 24.5 Å². The molecule has 4 rings (SSSR count). The van der Waals surface area contributed by atoms with Gasteiger partial charge in [0.1, 0.15) is 0 Å². The van der Waals surface area contributed by atoms with Crippen LogP contribution in [0.4, 0.5) is 0 Å². The zero-order chi connectivity index (χ0) is 22.2. The molecule has 0 saturated carbocycles. The minimum absolute atomic E-state index is 0.0184. The van der Waals surface area contributed by atoms with Crippen molar-refractivity contribution in [3.8, 4) is 17.1 Å². The van der Waals surface area contributed by atoms with Crippen LogP contribution in [0.3, 0.4) is 0 Å². The molecular formula is C18H13N5O7S. The van der Waals surface area contributed by atoms with E-state index >= 15 is 0 Å². The molecule has 1 unspecified atom stereocenters. The third kappa shape index (κ3) is 4.04. The number of rotatable bonds is 5. The van der Waals surface area contributed by atoms with Crippen molar-refractivity contribution in [2.75, 3.05) is 0 Å². The Morgan fingerprint density at radius 1 is 1.06 bits per heavy atom. The van der Waals surface area contributed by atoms with Gasteiger partial charge in [0.15, 0.2) is 5.25 Å². The van der Waals surface area contributed by atoms with Crippen molar-refractivity contribution >= 4 is 27.9 Å². The summed E-state index contributed by atoms with van der Waals surface area (Å²) in [6, 6.07) is 14.8. The van der Waals surface area contributed by atoms with Crippen molar-refractivity contribution in [2.45, 2.75) is 11.7 Å². The van der Waals surface area contributed by atoms with E-state index in [4.69, 9.17) is 9.39 Å². The Morgan fingerprint density at radius 3 is 2.35 bits per heavy atom. The van der Waals surface area contributed by atoms with E-state index in [1.807, 2.05) is 18.2 Å². The fourth-order valence-electron chi connectivity index (χ4n) is 2.80. The van der Waals surface area contributed by atoms with Gasteiger partial charge in [0.05, 0.1) is 17.7 Å². The first kappa shape index (κ1) is 20.3. The van der Waals surface area contributed by atoms with Gasteiger partial charge >= 0.3 is 5.97 Å². The Hall–Kier alpha value is -3.97. The fraction of sp³-hybridized carbons (Fsp3) is 0.111. The van der Waals surface area contributed by atoms with Gasteiger partial charge in [-0.25, -0.2) is 4.79 Å². The first-order valence-electron chi connectivity index (χ1n) is 8.75. The van der Waals surface area contributed by atoms with Crippen LogP contribution in [0.15, 0.2) is 54.6 Å². The minimum Gasteiger partial charge on any atom is -0.325 e. The number of benzene rings is 2. The maximum absolute atomic E-state index is 12.3. The SMILES string of the molecule is O=C(ON1C(=O)CC(S(=O)(=O)O)C1=O)c1ccc(-c2nnn(-c3ccccc3)n2)cc1. The lowest BCUT2D eigenvalue weighted by Gasteiger charge is -2.13. The Labute approximate surface area is 174 Å². The summed E-state index contributed by atoms with van der Waals surface area (Å²) in [6.45, 7) is 0. The summed E-state index contributed by atoms with van der Waals surface area (Å²) in [5.74, 6) is -3.16. The molecule has 1 N–H and O–H groups in total. The molecule has 1 atom stereocenters. The summed E-state index contributed by atoms with van der Waals surface area (Å²) in [7, 11) is -4.80. The van der Waals surface area contributed by atoms with Crippen molar-refractivity contribution in [1.29, 1.82) is 0 Å². The van der Waals surface area contributed by atoms with Gasteiger partial charge in [-0.3, -0.25) is 14.1 Å². The molecule has 1 saturated heterocycles. The van der Waals surface area contributed by atoms with E-state index in [2.05, 4.69) is 15.4 Å². The van der Waals surface area contributed by atoms with Gasteiger partial charge in [0, 0.05) is 5.56 Å². The lowest BCUT2D eigenvalue weighted by molar-refractivity contribution is -0.172. The van der Waals surface area contributed by atoms with Crippen molar-refractivity contribution < 1.29 is 32.2 Å². The first-order chi connectivity index (χ1) is 14.7. The molecule has 0 aliphatic carbocycles. The Kier molecular flexibility index (Phi) is 5.04. The predicted octanol–water partition coefficient (Wildman–Crippen LogP) is 0.416. The van der Waals surface area contributed by atoms with E-state index in [1.54, 1.807) is 12.1 Å². The lowest BCUT2D eigenvalue weighted by Crippen LogP contribution is -2.36. The van der Waals surface area contributed by atoms with Crippen molar-refractivity contribution in [2.24, 2.45) is 0 Å². The summed E-state index contributed by atoms with van der Waals surface area (Å²) in [5.41, 5.74) is 1.23. The number of nitrogens with zero attached hydrogens (tertiary/aromatic N) is 5. The van der Waals surface area contributed by atoms with Gasteiger partial charge in [-0.1, -0.05) is 30.3 Å². The number of carbonyl (C=O) groups is 3. The molecule has 1 fully saturated rings. The van der Waals surface area contributed by atoms with Gasteiger partial charge in [0.2, 0.25) is 5.82 Å². The summed E-state index contributed by atoms with van der Waals surface area (Å²) in [6.07, 6.45) is -0.813. The maximum atomic E-state index is 12.3. The monoisotopic (exact) mass is 443 g/mol. The molecule has 158 valence electrons. The standard InChI is InChI=1S/C18H13N5O7S/c24-15-10-14(31(27,28)29)17(25)22(15)30-18(26)12-8-6-11(7-9-12)16-19-21-23(20-16)13-4-2-1-3-5-13/h1-9,14H,10H2,(H,27,28,29). The highest BCUT2D eigenvalue weighted by Crippen LogP contribution is 2.21. The van der Waals surface area contributed by atoms with E-state index in [1.165, 1.54) is 29.1 Å². The zero-order valence-electron chi connectivity index (χ0n) is 15.5. The Balaban J connectivity index is 1.47.